The molecule has 0 aliphatic carbocycles. The third-order valence-corrected chi connectivity index (χ3v) is 4.53. The molecule has 1 amide bonds. The summed E-state index contributed by atoms with van der Waals surface area (Å²) in [4.78, 5) is 14.5. The second-order valence-electron chi connectivity index (χ2n) is 6.26. The standard InChI is InChI=1S/C20H24N2O2/c1-15-12-17-7-3-4-9-19(17)22(15)14-20(23)21-11-10-16-6-5-8-18(13-16)24-2/h3-9,13,15H,10-12,14H2,1-2H3,(H,21,23). The second-order valence-corrected chi connectivity index (χ2v) is 6.26. The molecular formula is C20H24N2O2. The first-order valence-corrected chi connectivity index (χ1v) is 8.41. The number of amides is 1. The predicted molar refractivity (Wildman–Crippen MR) is 96.7 cm³/mol. The number of benzene rings is 2. The van der Waals surface area contributed by atoms with Crippen molar-refractivity contribution < 1.29 is 9.53 Å². The van der Waals surface area contributed by atoms with Crippen molar-refractivity contribution in [1.29, 1.82) is 0 Å². The van der Waals surface area contributed by atoms with Crippen molar-refractivity contribution >= 4 is 11.6 Å². The van der Waals surface area contributed by atoms with E-state index in [0.29, 0.717) is 19.1 Å². The quantitative estimate of drug-likeness (QED) is 0.888. The highest BCUT2D eigenvalue weighted by atomic mass is 16.5. The molecule has 0 saturated heterocycles. The molecule has 0 bridgehead atoms. The molecule has 1 atom stereocenters. The van der Waals surface area contributed by atoms with Gasteiger partial charge in [-0.3, -0.25) is 4.79 Å². The Morgan fingerprint density at radius 2 is 2.08 bits per heavy atom. The van der Waals surface area contributed by atoms with Gasteiger partial charge >= 0.3 is 0 Å². The van der Waals surface area contributed by atoms with Crippen LogP contribution in [0.3, 0.4) is 0 Å². The molecule has 2 aromatic carbocycles. The molecule has 3 rings (SSSR count). The summed E-state index contributed by atoms with van der Waals surface area (Å²) in [6, 6.07) is 16.7. The summed E-state index contributed by atoms with van der Waals surface area (Å²) in [6.45, 7) is 3.22. The van der Waals surface area contributed by atoms with E-state index in [-0.39, 0.29) is 5.91 Å². The average molecular weight is 324 g/mol. The number of nitrogens with zero attached hydrogens (tertiary/aromatic N) is 1. The monoisotopic (exact) mass is 324 g/mol. The highest BCUT2D eigenvalue weighted by molar-refractivity contribution is 5.82. The van der Waals surface area contributed by atoms with E-state index in [9.17, 15) is 4.79 Å². The lowest BCUT2D eigenvalue weighted by molar-refractivity contribution is -0.119. The minimum atomic E-state index is 0.0708. The Labute approximate surface area is 143 Å². The van der Waals surface area contributed by atoms with Gasteiger partial charge in [0.15, 0.2) is 0 Å². The lowest BCUT2D eigenvalue weighted by Gasteiger charge is -2.24. The Hall–Kier alpha value is -2.49. The Bertz CT molecular complexity index is 714. The van der Waals surface area contributed by atoms with Crippen LogP contribution in [0.15, 0.2) is 48.5 Å². The number of methoxy groups -OCH3 is 1. The van der Waals surface area contributed by atoms with E-state index in [1.807, 2.05) is 30.3 Å². The summed E-state index contributed by atoms with van der Waals surface area (Å²) >= 11 is 0. The number of rotatable bonds is 6. The maximum absolute atomic E-state index is 12.3. The van der Waals surface area contributed by atoms with Crippen molar-refractivity contribution in [2.75, 3.05) is 25.1 Å². The van der Waals surface area contributed by atoms with Gasteiger partial charge < -0.3 is 15.0 Å². The molecule has 2 aromatic rings. The number of para-hydroxylation sites is 1. The van der Waals surface area contributed by atoms with Gasteiger partial charge in [-0.2, -0.15) is 0 Å². The van der Waals surface area contributed by atoms with Crippen molar-refractivity contribution in [3.05, 3.63) is 59.7 Å². The first-order valence-electron chi connectivity index (χ1n) is 8.41. The summed E-state index contributed by atoms with van der Waals surface area (Å²) in [5.74, 6) is 0.919. The lowest BCUT2D eigenvalue weighted by Crippen LogP contribution is -2.40. The fraction of sp³-hybridized carbons (Fsp3) is 0.350. The van der Waals surface area contributed by atoms with Crippen molar-refractivity contribution in [3.63, 3.8) is 0 Å². The van der Waals surface area contributed by atoms with Crippen molar-refractivity contribution in [1.82, 2.24) is 5.32 Å². The molecule has 1 aliphatic heterocycles. The van der Waals surface area contributed by atoms with Gasteiger partial charge in [0.1, 0.15) is 5.75 Å². The Kier molecular flexibility index (Phi) is 5.04. The lowest BCUT2D eigenvalue weighted by atomic mass is 10.1. The van der Waals surface area contributed by atoms with Crippen LogP contribution in [0.5, 0.6) is 5.75 Å². The molecule has 0 saturated carbocycles. The van der Waals surface area contributed by atoms with Crippen molar-refractivity contribution in [2.24, 2.45) is 0 Å². The highest BCUT2D eigenvalue weighted by Crippen LogP contribution is 2.31. The number of carbonyl (C=O) groups is 1. The number of fused-ring (bicyclic) bond motifs is 1. The molecule has 24 heavy (non-hydrogen) atoms. The van der Waals surface area contributed by atoms with Gasteiger partial charge in [0.05, 0.1) is 13.7 Å². The largest absolute Gasteiger partial charge is 0.497 e. The molecule has 0 radical (unpaired) electrons. The third-order valence-electron chi connectivity index (χ3n) is 4.53. The fourth-order valence-electron chi connectivity index (χ4n) is 3.26. The van der Waals surface area contributed by atoms with Gasteiger partial charge in [0, 0.05) is 18.3 Å². The maximum Gasteiger partial charge on any atom is 0.239 e. The number of carbonyl (C=O) groups excluding carboxylic acids is 1. The van der Waals surface area contributed by atoms with Crippen LogP contribution in [0, 0.1) is 0 Å². The van der Waals surface area contributed by atoms with E-state index < -0.39 is 0 Å². The van der Waals surface area contributed by atoms with Crippen LogP contribution in [-0.2, 0) is 17.6 Å². The number of hydrogen-bond donors (Lipinski definition) is 1. The molecule has 4 heteroatoms. The van der Waals surface area contributed by atoms with E-state index >= 15 is 0 Å². The summed E-state index contributed by atoms with van der Waals surface area (Å²) < 4.78 is 5.22. The zero-order chi connectivity index (χ0) is 16.9. The topological polar surface area (TPSA) is 41.6 Å². The Morgan fingerprint density at radius 1 is 1.25 bits per heavy atom. The molecule has 0 spiro atoms. The maximum atomic E-state index is 12.3. The Morgan fingerprint density at radius 3 is 2.92 bits per heavy atom. The smallest absolute Gasteiger partial charge is 0.239 e. The Balaban J connectivity index is 1.51. The molecular weight excluding hydrogens is 300 g/mol. The zero-order valence-corrected chi connectivity index (χ0v) is 14.3. The number of nitrogens with one attached hydrogen (secondary N) is 1. The highest BCUT2D eigenvalue weighted by Gasteiger charge is 2.26. The fourth-order valence-corrected chi connectivity index (χ4v) is 3.26. The van der Waals surface area contributed by atoms with Crippen LogP contribution in [0.1, 0.15) is 18.1 Å². The van der Waals surface area contributed by atoms with E-state index in [1.54, 1.807) is 7.11 Å². The van der Waals surface area contributed by atoms with Crippen LogP contribution in [0.4, 0.5) is 5.69 Å². The van der Waals surface area contributed by atoms with Crippen LogP contribution < -0.4 is 15.0 Å². The summed E-state index contributed by atoms with van der Waals surface area (Å²) in [6.07, 6.45) is 1.81. The van der Waals surface area contributed by atoms with Gasteiger partial charge in [-0.25, -0.2) is 0 Å². The minimum Gasteiger partial charge on any atom is -0.497 e. The first kappa shape index (κ1) is 16.4. The molecule has 0 aromatic heterocycles. The SMILES string of the molecule is COc1cccc(CCNC(=O)CN2c3ccccc3CC2C)c1. The minimum absolute atomic E-state index is 0.0708. The molecule has 1 aliphatic rings. The summed E-state index contributed by atoms with van der Waals surface area (Å²) in [5.41, 5.74) is 3.68. The van der Waals surface area contributed by atoms with Crippen LogP contribution in [0.2, 0.25) is 0 Å². The molecule has 1 N–H and O–H groups in total. The predicted octanol–water partition coefficient (Wildman–Crippen LogP) is 2.81. The molecule has 1 heterocycles. The van der Waals surface area contributed by atoms with Gasteiger partial charge in [0.25, 0.3) is 0 Å². The average Bonchev–Trinajstić information content (AvgIpc) is 2.91. The van der Waals surface area contributed by atoms with Crippen molar-refractivity contribution in [3.8, 4) is 5.75 Å². The van der Waals surface area contributed by atoms with E-state index in [1.165, 1.54) is 11.3 Å². The van der Waals surface area contributed by atoms with Crippen LogP contribution >= 0.6 is 0 Å². The first-order chi connectivity index (χ1) is 11.7. The van der Waals surface area contributed by atoms with E-state index in [4.69, 9.17) is 4.74 Å². The molecule has 126 valence electrons. The number of ether oxygens (including phenoxy) is 1. The zero-order valence-electron chi connectivity index (χ0n) is 14.3. The number of anilines is 1. The summed E-state index contributed by atoms with van der Waals surface area (Å²) in [7, 11) is 1.66. The normalized spacial score (nSPS) is 15.9. The second kappa shape index (κ2) is 7.39. The number of hydrogen-bond acceptors (Lipinski definition) is 3. The van der Waals surface area contributed by atoms with E-state index in [0.717, 1.165) is 24.2 Å². The van der Waals surface area contributed by atoms with Crippen molar-refractivity contribution in [2.45, 2.75) is 25.8 Å². The van der Waals surface area contributed by atoms with Gasteiger partial charge in [-0.15, -0.1) is 0 Å². The van der Waals surface area contributed by atoms with E-state index in [2.05, 4.69) is 35.3 Å². The molecule has 1 unspecified atom stereocenters. The third kappa shape index (κ3) is 3.70. The van der Waals surface area contributed by atoms with Gasteiger partial charge in [-0.05, 0) is 49.1 Å². The van der Waals surface area contributed by atoms with Crippen LogP contribution in [0.25, 0.3) is 0 Å². The van der Waals surface area contributed by atoms with Crippen LogP contribution in [-0.4, -0.2) is 32.1 Å². The molecule has 0 fully saturated rings. The summed E-state index contributed by atoms with van der Waals surface area (Å²) in [5, 5.41) is 3.03. The molecule has 4 nitrogen and oxygen atoms in total. The van der Waals surface area contributed by atoms with Gasteiger partial charge in [-0.1, -0.05) is 30.3 Å². The van der Waals surface area contributed by atoms with Gasteiger partial charge in [0.2, 0.25) is 5.91 Å².